The molecule has 78 valence electrons. The number of hydrogen-bond acceptors (Lipinski definition) is 2. The van der Waals surface area contributed by atoms with Crippen molar-refractivity contribution in [3.05, 3.63) is 17.2 Å². The molecule has 0 saturated heterocycles. The van der Waals surface area contributed by atoms with Gasteiger partial charge in [-0.15, -0.1) is 0 Å². The van der Waals surface area contributed by atoms with E-state index in [9.17, 15) is 0 Å². The van der Waals surface area contributed by atoms with Gasteiger partial charge in [0.2, 0.25) is 0 Å². The Balaban J connectivity index is 1.85. The highest BCUT2D eigenvalue weighted by Crippen LogP contribution is 2.17. The summed E-state index contributed by atoms with van der Waals surface area (Å²) in [4.78, 5) is 7.75. The van der Waals surface area contributed by atoms with Gasteiger partial charge in [-0.05, 0) is 26.7 Å². The Labute approximate surface area is 85.3 Å². The van der Waals surface area contributed by atoms with Crippen LogP contribution in [0.4, 0.5) is 0 Å². The molecule has 1 heterocycles. The Bertz CT molecular complexity index is 278. The predicted molar refractivity (Wildman–Crippen MR) is 57.2 cm³/mol. The summed E-state index contributed by atoms with van der Waals surface area (Å²) in [6, 6.07) is 0.723. The van der Waals surface area contributed by atoms with Crippen LogP contribution < -0.4 is 5.32 Å². The molecule has 0 atom stereocenters. The lowest BCUT2D eigenvalue weighted by Crippen LogP contribution is -2.25. The van der Waals surface area contributed by atoms with Crippen LogP contribution in [0.2, 0.25) is 0 Å². The summed E-state index contributed by atoms with van der Waals surface area (Å²) in [5.74, 6) is 1.08. The van der Waals surface area contributed by atoms with Gasteiger partial charge in [-0.2, -0.15) is 0 Å². The Morgan fingerprint density at radius 1 is 1.36 bits per heavy atom. The van der Waals surface area contributed by atoms with E-state index in [2.05, 4.69) is 22.2 Å². The monoisotopic (exact) mass is 193 g/mol. The maximum atomic E-state index is 4.45. The second kappa shape index (κ2) is 4.13. The van der Waals surface area contributed by atoms with Gasteiger partial charge in [-0.3, -0.25) is 0 Å². The molecule has 0 bridgehead atoms. The first-order chi connectivity index (χ1) is 6.75. The average Bonchev–Trinajstić information content (AvgIpc) is 2.74. The van der Waals surface area contributed by atoms with E-state index >= 15 is 0 Å². The van der Waals surface area contributed by atoms with E-state index in [0.29, 0.717) is 0 Å². The lowest BCUT2D eigenvalue weighted by Gasteiger charge is -2.09. The number of aromatic amines is 1. The molecule has 2 rings (SSSR count). The van der Waals surface area contributed by atoms with Crippen LogP contribution in [0.5, 0.6) is 0 Å². The van der Waals surface area contributed by atoms with Gasteiger partial charge in [0.15, 0.2) is 0 Å². The van der Waals surface area contributed by atoms with Crippen LogP contribution in [0.25, 0.3) is 0 Å². The van der Waals surface area contributed by atoms with Gasteiger partial charge in [-0.25, -0.2) is 4.98 Å². The number of aromatic nitrogens is 2. The van der Waals surface area contributed by atoms with E-state index in [1.807, 2.05) is 6.92 Å². The summed E-state index contributed by atoms with van der Waals surface area (Å²) < 4.78 is 0. The predicted octanol–water partition coefficient (Wildman–Crippen LogP) is 2.06. The number of nitrogens with one attached hydrogen (secondary N) is 2. The van der Waals surface area contributed by atoms with Crippen molar-refractivity contribution in [1.29, 1.82) is 0 Å². The fraction of sp³-hybridized carbons (Fsp3) is 0.727. The first kappa shape index (κ1) is 9.71. The zero-order chi connectivity index (χ0) is 9.97. The molecule has 0 aromatic carbocycles. The van der Waals surface area contributed by atoms with Gasteiger partial charge in [0.25, 0.3) is 0 Å². The number of imidazole rings is 1. The number of hydrogen-bond donors (Lipinski definition) is 2. The second-order valence-corrected chi connectivity index (χ2v) is 4.26. The standard InChI is InChI=1S/C11H19N3/c1-8-9(2)14-11(13-8)7-12-10-5-3-4-6-10/h10,12H,3-7H2,1-2H3,(H,13,14). The minimum atomic E-state index is 0.723. The molecule has 0 spiro atoms. The highest BCUT2D eigenvalue weighted by molar-refractivity contribution is 5.10. The Hall–Kier alpha value is -0.830. The van der Waals surface area contributed by atoms with E-state index in [4.69, 9.17) is 0 Å². The van der Waals surface area contributed by atoms with Crippen molar-refractivity contribution in [2.75, 3.05) is 0 Å². The topological polar surface area (TPSA) is 40.7 Å². The van der Waals surface area contributed by atoms with Crippen molar-refractivity contribution in [1.82, 2.24) is 15.3 Å². The van der Waals surface area contributed by atoms with Gasteiger partial charge < -0.3 is 10.3 Å². The first-order valence-electron chi connectivity index (χ1n) is 5.51. The molecule has 0 amide bonds. The van der Waals surface area contributed by atoms with Gasteiger partial charge in [-0.1, -0.05) is 12.8 Å². The fourth-order valence-electron chi connectivity index (χ4n) is 2.08. The molecular weight excluding hydrogens is 174 g/mol. The van der Waals surface area contributed by atoms with Gasteiger partial charge in [0, 0.05) is 11.7 Å². The fourth-order valence-corrected chi connectivity index (χ4v) is 2.08. The third kappa shape index (κ3) is 2.15. The van der Waals surface area contributed by atoms with Crippen molar-refractivity contribution in [2.45, 2.75) is 52.1 Å². The summed E-state index contributed by atoms with van der Waals surface area (Å²) in [6.07, 6.45) is 5.43. The van der Waals surface area contributed by atoms with Crippen LogP contribution in [-0.2, 0) is 6.54 Å². The molecule has 3 heteroatoms. The molecule has 1 aliphatic rings. The van der Waals surface area contributed by atoms with Crippen molar-refractivity contribution < 1.29 is 0 Å². The van der Waals surface area contributed by atoms with Crippen molar-refractivity contribution in [2.24, 2.45) is 0 Å². The van der Waals surface area contributed by atoms with Gasteiger partial charge in [0.1, 0.15) is 5.82 Å². The van der Waals surface area contributed by atoms with Crippen LogP contribution in [0.15, 0.2) is 0 Å². The average molecular weight is 193 g/mol. The summed E-state index contributed by atoms with van der Waals surface area (Å²) in [7, 11) is 0. The van der Waals surface area contributed by atoms with Crippen LogP contribution in [0.1, 0.15) is 42.9 Å². The molecule has 14 heavy (non-hydrogen) atoms. The van der Waals surface area contributed by atoms with E-state index in [1.54, 1.807) is 0 Å². The Morgan fingerprint density at radius 2 is 2.07 bits per heavy atom. The highest BCUT2D eigenvalue weighted by Gasteiger charge is 2.14. The molecule has 3 nitrogen and oxygen atoms in total. The summed E-state index contributed by atoms with van der Waals surface area (Å²) in [6.45, 7) is 5.01. The minimum absolute atomic E-state index is 0.723. The molecule has 0 radical (unpaired) electrons. The molecule has 1 aromatic heterocycles. The van der Waals surface area contributed by atoms with Crippen LogP contribution >= 0.6 is 0 Å². The first-order valence-corrected chi connectivity index (χ1v) is 5.51. The van der Waals surface area contributed by atoms with E-state index in [0.717, 1.165) is 24.1 Å². The molecule has 1 fully saturated rings. The molecule has 0 aliphatic heterocycles. The smallest absolute Gasteiger partial charge is 0.120 e. The normalized spacial score (nSPS) is 17.9. The van der Waals surface area contributed by atoms with Gasteiger partial charge in [0.05, 0.1) is 12.2 Å². The lowest BCUT2D eigenvalue weighted by molar-refractivity contribution is 0.515. The number of rotatable bonds is 3. The van der Waals surface area contributed by atoms with Crippen LogP contribution in [0, 0.1) is 13.8 Å². The minimum Gasteiger partial charge on any atom is -0.345 e. The van der Waals surface area contributed by atoms with Crippen molar-refractivity contribution in [3.8, 4) is 0 Å². The second-order valence-electron chi connectivity index (χ2n) is 4.26. The summed E-state index contributed by atoms with van der Waals surface area (Å²) >= 11 is 0. The third-order valence-corrected chi connectivity index (χ3v) is 3.09. The van der Waals surface area contributed by atoms with Crippen LogP contribution in [0.3, 0.4) is 0 Å². The maximum absolute atomic E-state index is 4.45. The quantitative estimate of drug-likeness (QED) is 0.771. The van der Waals surface area contributed by atoms with Crippen molar-refractivity contribution in [3.63, 3.8) is 0 Å². The molecule has 1 saturated carbocycles. The molecular formula is C11H19N3. The molecule has 2 N–H and O–H groups in total. The zero-order valence-electron chi connectivity index (χ0n) is 9.06. The Kier molecular flexibility index (Phi) is 2.87. The zero-order valence-corrected chi connectivity index (χ0v) is 9.06. The largest absolute Gasteiger partial charge is 0.345 e. The van der Waals surface area contributed by atoms with Crippen LogP contribution in [-0.4, -0.2) is 16.0 Å². The molecule has 0 unspecified atom stereocenters. The maximum Gasteiger partial charge on any atom is 0.120 e. The summed E-state index contributed by atoms with van der Waals surface area (Å²) in [5.41, 5.74) is 2.31. The SMILES string of the molecule is Cc1nc(CNC2CCCC2)[nH]c1C. The molecule has 1 aliphatic carbocycles. The van der Waals surface area contributed by atoms with E-state index in [-0.39, 0.29) is 0 Å². The number of aryl methyl sites for hydroxylation is 2. The van der Waals surface area contributed by atoms with Gasteiger partial charge >= 0.3 is 0 Å². The highest BCUT2D eigenvalue weighted by atomic mass is 15.0. The lowest BCUT2D eigenvalue weighted by atomic mass is 10.2. The molecule has 1 aromatic rings. The van der Waals surface area contributed by atoms with E-state index < -0.39 is 0 Å². The Morgan fingerprint density at radius 3 is 2.64 bits per heavy atom. The van der Waals surface area contributed by atoms with E-state index in [1.165, 1.54) is 31.4 Å². The number of H-pyrrole nitrogens is 1. The number of nitrogens with zero attached hydrogens (tertiary/aromatic N) is 1. The summed E-state index contributed by atoms with van der Waals surface area (Å²) in [5, 5.41) is 3.54. The van der Waals surface area contributed by atoms with Crippen molar-refractivity contribution >= 4 is 0 Å². The third-order valence-electron chi connectivity index (χ3n) is 3.09.